The normalized spacial score (nSPS) is 11.4. The highest BCUT2D eigenvalue weighted by atomic mass is 32.2. The molecule has 0 unspecified atom stereocenters. The van der Waals surface area contributed by atoms with Crippen LogP contribution < -0.4 is 10.3 Å². The molecule has 0 atom stereocenters. The first-order chi connectivity index (χ1) is 8.45. The highest BCUT2D eigenvalue weighted by Crippen LogP contribution is 2.05. The van der Waals surface area contributed by atoms with Gasteiger partial charge in [0.15, 0.2) is 0 Å². The van der Waals surface area contributed by atoms with E-state index in [2.05, 4.69) is 16.9 Å². The second kappa shape index (κ2) is 6.53. The zero-order valence-corrected chi connectivity index (χ0v) is 11.4. The topological polar surface area (TPSA) is 89.1 Å². The number of hydrogen-bond donors (Lipinski definition) is 1. The Balaban J connectivity index is 2.61. The lowest BCUT2D eigenvalue weighted by Gasteiger charge is -2.05. The molecular weight excluding hydrogens is 256 g/mol. The molecule has 0 aliphatic heterocycles. The number of H-pyrrole nitrogens is 1. The van der Waals surface area contributed by atoms with Crippen LogP contribution >= 0.6 is 0 Å². The van der Waals surface area contributed by atoms with Gasteiger partial charge in [0.05, 0.1) is 12.8 Å². The van der Waals surface area contributed by atoms with E-state index in [4.69, 9.17) is 4.74 Å². The molecule has 0 aliphatic carbocycles. The average molecular weight is 274 g/mol. The lowest BCUT2D eigenvalue weighted by molar-refractivity contribution is 0.298. The summed E-state index contributed by atoms with van der Waals surface area (Å²) in [6.07, 6.45) is 6.30. The molecule has 0 amide bonds. The summed E-state index contributed by atoms with van der Waals surface area (Å²) in [5, 5.41) is -0.342. The van der Waals surface area contributed by atoms with Crippen LogP contribution in [0.5, 0.6) is 5.75 Å². The van der Waals surface area contributed by atoms with Gasteiger partial charge in [-0.05, 0) is 6.42 Å². The fourth-order valence-electron chi connectivity index (χ4n) is 1.37. The highest BCUT2D eigenvalue weighted by Gasteiger charge is 2.12. The Hall–Kier alpha value is -1.37. The van der Waals surface area contributed by atoms with Crippen molar-refractivity contribution in [2.45, 2.75) is 37.8 Å². The third-order valence-corrected chi connectivity index (χ3v) is 3.26. The van der Waals surface area contributed by atoms with E-state index in [0.29, 0.717) is 6.61 Å². The van der Waals surface area contributed by atoms with Crippen LogP contribution in [0.2, 0.25) is 0 Å². The highest BCUT2D eigenvalue weighted by molar-refractivity contribution is 7.90. The van der Waals surface area contributed by atoms with E-state index in [-0.39, 0.29) is 10.9 Å². The number of rotatable bonds is 7. The summed E-state index contributed by atoms with van der Waals surface area (Å²) in [6, 6.07) is 0. The van der Waals surface area contributed by atoms with Crippen molar-refractivity contribution in [2.24, 2.45) is 0 Å². The second-order valence-corrected chi connectivity index (χ2v) is 5.99. The van der Waals surface area contributed by atoms with Gasteiger partial charge in [-0.2, -0.15) is 0 Å². The number of unbranched alkanes of at least 4 members (excludes halogenated alkanes) is 3. The van der Waals surface area contributed by atoms with Crippen molar-refractivity contribution >= 4 is 9.84 Å². The van der Waals surface area contributed by atoms with Gasteiger partial charge in [-0.3, -0.25) is 9.78 Å². The summed E-state index contributed by atoms with van der Waals surface area (Å²) < 4.78 is 27.6. The smallest absolute Gasteiger partial charge is 0.294 e. The summed E-state index contributed by atoms with van der Waals surface area (Å²) in [5.74, 6) is 0.0545. The number of hydrogen-bond acceptors (Lipinski definition) is 5. The molecule has 1 heterocycles. The summed E-state index contributed by atoms with van der Waals surface area (Å²) >= 11 is 0. The molecule has 0 aromatic carbocycles. The molecule has 1 aromatic heterocycles. The monoisotopic (exact) mass is 274 g/mol. The summed E-state index contributed by atoms with van der Waals surface area (Å²) in [4.78, 5) is 17.4. The first kappa shape index (κ1) is 14.7. The van der Waals surface area contributed by atoms with E-state index in [1.807, 2.05) is 0 Å². The Morgan fingerprint density at radius 2 is 2.06 bits per heavy atom. The Bertz CT molecular complexity index is 536. The molecule has 7 heteroatoms. The molecule has 0 saturated heterocycles. The van der Waals surface area contributed by atoms with Crippen molar-refractivity contribution in [1.29, 1.82) is 0 Å². The van der Waals surface area contributed by atoms with Crippen LogP contribution in [0.4, 0.5) is 0 Å². The Morgan fingerprint density at radius 3 is 2.61 bits per heavy atom. The Kier molecular flexibility index (Phi) is 5.33. The fraction of sp³-hybridized carbons (Fsp3) is 0.636. The van der Waals surface area contributed by atoms with Crippen molar-refractivity contribution < 1.29 is 13.2 Å². The van der Waals surface area contributed by atoms with E-state index in [9.17, 15) is 13.2 Å². The first-order valence-corrected chi connectivity index (χ1v) is 7.76. The summed E-state index contributed by atoms with van der Waals surface area (Å²) in [6.45, 7) is 2.54. The SMILES string of the molecule is CCCCCCOc1cnc(S(C)(=O)=O)[nH]c1=O. The van der Waals surface area contributed by atoms with Crippen LogP contribution in [0.25, 0.3) is 0 Å². The molecule has 0 saturated carbocycles. The maximum absolute atomic E-state index is 11.5. The van der Waals surface area contributed by atoms with Gasteiger partial charge in [0.1, 0.15) is 0 Å². The fourth-order valence-corrected chi connectivity index (χ4v) is 1.89. The lowest BCUT2D eigenvalue weighted by Crippen LogP contribution is -2.17. The van der Waals surface area contributed by atoms with Crippen LogP contribution in [0.3, 0.4) is 0 Å². The number of ether oxygens (including phenoxy) is 1. The van der Waals surface area contributed by atoms with E-state index in [1.54, 1.807) is 0 Å². The predicted molar refractivity (Wildman–Crippen MR) is 67.6 cm³/mol. The minimum absolute atomic E-state index is 0.0545. The van der Waals surface area contributed by atoms with Gasteiger partial charge < -0.3 is 4.74 Å². The average Bonchev–Trinajstić information content (AvgIpc) is 2.29. The van der Waals surface area contributed by atoms with E-state index in [0.717, 1.165) is 38.1 Å². The van der Waals surface area contributed by atoms with Crippen molar-refractivity contribution in [3.63, 3.8) is 0 Å². The Labute approximate surface area is 106 Å². The van der Waals surface area contributed by atoms with Gasteiger partial charge in [-0.1, -0.05) is 26.2 Å². The maximum Gasteiger partial charge on any atom is 0.294 e. The number of nitrogens with zero attached hydrogens (tertiary/aromatic N) is 1. The van der Waals surface area contributed by atoms with Crippen LogP contribution in [-0.2, 0) is 9.84 Å². The molecule has 0 radical (unpaired) electrons. The van der Waals surface area contributed by atoms with Crippen molar-refractivity contribution in [3.05, 3.63) is 16.6 Å². The quantitative estimate of drug-likeness (QED) is 0.594. The van der Waals surface area contributed by atoms with Crippen LogP contribution in [0, 0.1) is 0 Å². The Morgan fingerprint density at radius 1 is 1.33 bits per heavy atom. The van der Waals surface area contributed by atoms with Gasteiger partial charge in [0.2, 0.25) is 20.7 Å². The number of aromatic amines is 1. The van der Waals surface area contributed by atoms with Crippen molar-refractivity contribution in [2.75, 3.05) is 12.9 Å². The second-order valence-electron chi connectivity index (χ2n) is 4.06. The van der Waals surface area contributed by atoms with Gasteiger partial charge in [0.25, 0.3) is 5.56 Å². The summed E-state index contributed by atoms with van der Waals surface area (Å²) in [5.41, 5.74) is -0.569. The maximum atomic E-state index is 11.5. The molecule has 18 heavy (non-hydrogen) atoms. The molecule has 0 fully saturated rings. The van der Waals surface area contributed by atoms with E-state index < -0.39 is 15.4 Å². The standard InChI is InChI=1S/C11H18N2O4S/c1-3-4-5-6-7-17-9-8-12-11(13-10(9)14)18(2,15)16/h8H,3-7H2,1-2H3,(H,12,13,14). The molecule has 1 N–H and O–H groups in total. The molecule has 102 valence electrons. The zero-order valence-electron chi connectivity index (χ0n) is 10.6. The third kappa shape index (κ3) is 4.48. The molecule has 6 nitrogen and oxygen atoms in total. The largest absolute Gasteiger partial charge is 0.487 e. The van der Waals surface area contributed by atoms with Crippen LogP contribution in [0.15, 0.2) is 16.1 Å². The minimum Gasteiger partial charge on any atom is -0.487 e. The van der Waals surface area contributed by atoms with Gasteiger partial charge in [-0.15, -0.1) is 0 Å². The van der Waals surface area contributed by atoms with Crippen molar-refractivity contribution in [1.82, 2.24) is 9.97 Å². The molecule has 0 bridgehead atoms. The van der Waals surface area contributed by atoms with E-state index >= 15 is 0 Å². The third-order valence-electron chi connectivity index (χ3n) is 2.35. The molecular formula is C11H18N2O4S. The molecule has 1 rings (SSSR count). The number of sulfone groups is 1. The van der Waals surface area contributed by atoms with Crippen molar-refractivity contribution in [3.8, 4) is 5.75 Å². The summed E-state index contributed by atoms with van der Waals surface area (Å²) in [7, 11) is -3.50. The molecule has 0 aliphatic rings. The van der Waals surface area contributed by atoms with Gasteiger partial charge in [-0.25, -0.2) is 13.4 Å². The predicted octanol–water partition coefficient (Wildman–Crippen LogP) is 1.13. The number of nitrogens with one attached hydrogen (secondary N) is 1. The zero-order chi connectivity index (χ0) is 13.6. The van der Waals surface area contributed by atoms with Crippen LogP contribution in [-0.4, -0.2) is 31.2 Å². The number of aromatic nitrogens is 2. The molecule has 0 spiro atoms. The lowest BCUT2D eigenvalue weighted by atomic mass is 10.2. The minimum atomic E-state index is -3.50. The van der Waals surface area contributed by atoms with Gasteiger partial charge in [0, 0.05) is 6.26 Å². The molecule has 1 aromatic rings. The van der Waals surface area contributed by atoms with Crippen LogP contribution in [0.1, 0.15) is 32.6 Å². The first-order valence-electron chi connectivity index (χ1n) is 5.87. The van der Waals surface area contributed by atoms with Gasteiger partial charge >= 0.3 is 0 Å². The van der Waals surface area contributed by atoms with E-state index in [1.165, 1.54) is 0 Å².